The Morgan fingerprint density at radius 3 is 2.89 bits per heavy atom. The number of oxime groups is 1. The Bertz CT molecular complexity index is 461. The third-order valence-electron chi connectivity index (χ3n) is 2.22. The summed E-state index contributed by atoms with van der Waals surface area (Å²) in [4.78, 5) is 11.2. The predicted octanol–water partition coefficient (Wildman–Crippen LogP) is 1.54. The topological polar surface area (TPSA) is 70.9 Å². The van der Waals surface area contributed by atoms with Crippen LogP contribution in [0.25, 0.3) is 0 Å². The Morgan fingerprint density at radius 2 is 2.28 bits per heavy atom. The first-order valence-corrected chi connectivity index (χ1v) is 5.46. The number of nitrogens with one attached hydrogen (secondary N) is 1. The van der Waals surface area contributed by atoms with E-state index in [4.69, 9.17) is 9.94 Å². The lowest BCUT2D eigenvalue weighted by molar-refractivity contribution is -0.122. The van der Waals surface area contributed by atoms with Gasteiger partial charge in [0, 0.05) is 18.2 Å². The predicted molar refractivity (Wildman–Crippen MR) is 64.6 cm³/mol. The SMILES string of the molecule is CCNC(=O)COc1cc(F)ccc1C(C)=NO. The van der Waals surface area contributed by atoms with Crippen molar-refractivity contribution < 1.29 is 19.1 Å². The summed E-state index contributed by atoms with van der Waals surface area (Å²) < 4.78 is 18.3. The van der Waals surface area contributed by atoms with Gasteiger partial charge in [-0.25, -0.2) is 4.39 Å². The fourth-order valence-corrected chi connectivity index (χ4v) is 1.36. The van der Waals surface area contributed by atoms with Gasteiger partial charge >= 0.3 is 0 Å². The third-order valence-corrected chi connectivity index (χ3v) is 2.22. The molecule has 0 unspecified atom stereocenters. The highest BCUT2D eigenvalue weighted by atomic mass is 19.1. The maximum Gasteiger partial charge on any atom is 0.257 e. The molecule has 0 atom stereocenters. The van der Waals surface area contributed by atoms with Crippen LogP contribution in [0.4, 0.5) is 4.39 Å². The summed E-state index contributed by atoms with van der Waals surface area (Å²) in [5, 5.41) is 14.3. The minimum atomic E-state index is -0.490. The van der Waals surface area contributed by atoms with E-state index < -0.39 is 5.82 Å². The zero-order valence-electron chi connectivity index (χ0n) is 10.2. The number of rotatable bonds is 5. The summed E-state index contributed by atoms with van der Waals surface area (Å²) in [6.07, 6.45) is 0. The summed E-state index contributed by atoms with van der Waals surface area (Å²) >= 11 is 0. The minimum Gasteiger partial charge on any atom is -0.483 e. The highest BCUT2D eigenvalue weighted by Crippen LogP contribution is 2.20. The van der Waals surface area contributed by atoms with Gasteiger partial charge in [-0.15, -0.1) is 0 Å². The monoisotopic (exact) mass is 254 g/mol. The second-order valence-corrected chi connectivity index (χ2v) is 3.57. The molecule has 98 valence electrons. The molecule has 0 aliphatic carbocycles. The molecule has 0 bridgehead atoms. The molecule has 0 aliphatic rings. The van der Waals surface area contributed by atoms with Crippen LogP contribution in [0.1, 0.15) is 19.4 Å². The van der Waals surface area contributed by atoms with Gasteiger partial charge in [-0.1, -0.05) is 5.16 Å². The van der Waals surface area contributed by atoms with Crippen molar-refractivity contribution in [2.24, 2.45) is 5.16 Å². The first kappa shape index (κ1) is 14.0. The first-order valence-electron chi connectivity index (χ1n) is 5.46. The van der Waals surface area contributed by atoms with Crippen molar-refractivity contribution in [2.75, 3.05) is 13.2 Å². The van der Waals surface area contributed by atoms with Gasteiger partial charge in [-0.2, -0.15) is 0 Å². The molecule has 1 amide bonds. The number of carbonyl (C=O) groups is 1. The molecule has 0 radical (unpaired) electrons. The van der Waals surface area contributed by atoms with E-state index >= 15 is 0 Å². The smallest absolute Gasteiger partial charge is 0.257 e. The van der Waals surface area contributed by atoms with E-state index in [1.165, 1.54) is 12.1 Å². The van der Waals surface area contributed by atoms with Crippen LogP contribution >= 0.6 is 0 Å². The molecule has 18 heavy (non-hydrogen) atoms. The lowest BCUT2D eigenvalue weighted by Crippen LogP contribution is -2.28. The van der Waals surface area contributed by atoms with E-state index in [2.05, 4.69) is 10.5 Å². The summed E-state index contributed by atoms with van der Waals surface area (Å²) in [6, 6.07) is 3.80. The van der Waals surface area contributed by atoms with Crippen LogP contribution in [-0.2, 0) is 4.79 Å². The van der Waals surface area contributed by atoms with Gasteiger partial charge in [0.15, 0.2) is 6.61 Å². The fourth-order valence-electron chi connectivity index (χ4n) is 1.36. The van der Waals surface area contributed by atoms with Crippen LogP contribution in [0.5, 0.6) is 5.75 Å². The molecular formula is C12H15FN2O3. The summed E-state index contributed by atoms with van der Waals surface area (Å²) in [5.74, 6) is -0.627. The Kier molecular flexibility index (Phi) is 5.10. The van der Waals surface area contributed by atoms with Gasteiger partial charge in [-0.3, -0.25) is 4.79 Å². The van der Waals surface area contributed by atoms with E-state index in [1.54, 1.807) is 13.8 Å². The molecule has 6 heteroatoms. The molecule has 5 nitrogen and oxygen atoms in total. The van der Waals surface area contributed by atoms with Crippen molar-refractivity contribution >= 4 is 11.6 Å². The number of hydrogen-bond donors (Lipinski definition) is 2. The van der Waals surface area contributed by atoms with Crippen molar-refractivity contribution in [3.05, 3.63) is 29.6 Å². The van der Waals surface area contributed by atoms with E-state index in [1.807, 2.05) is 0 Å². The molecule has 0 heterocycles. The van der Waals surface area contributed by atoms with Crippen molar-refractivity contribution in [2.45, 2.75) is 13.8 Å². The largest absolute Gasteiger partial charge is 0.483 e. The summed E-state index contributed by atoms with van der Waals surface area (Å²) in [6.45, 7) is 3.61. The van der Waals surface area contributed by atoms with Crippen molar-refractivity contribution in [3.63, 3.8) is 0 Å². The van der Waals surface area contributed by atoms with Crippen molar-refractivity contribution in [3.8, 4) is 5.75 Å². The molecule has 0 aromatic heterocycles. The lowest BCUT2D eigenvalue weighted by atomic mass is 10.1. The number of ether oxygens (including phenoxy) is 1. The Labute approximate surface area is 104 Å². The van der Waals surface area contributed by atoms with Crippen LogP contribution in [0, 0.1) is 5.82 Å². The van der Waals surface area contributed by atoms with Crippen LogP contribution in [0.2, 0.25) is 0 Å². The molecule has 1 aromatic rings. The highest BCUT2D eigenvalue weighted by molar-refractivity contribution is 6.00. The fraction of sp³-hybridized carbons (Fsp3) is 0.333. The number of likely N-dealkylation sites (N-methyl/N-ethyl adjacent to an activating group) is 1. The molecule has 0 saturated heterocycles. The zero-order valence-corrected chi connectivity index (χ0v) is 10.2. The van der Waals surface area contributed by atoms with Crippen molar-refractivity contribution in [1.82, 2.24) is 5.32 Å². The summed E-state index contributed by atoms with van der Waals surface area (Å²) in [5.41, 5.74) is 0.712. The molecule has 0 spiro atoms. The van der Waals surface area contributed by atoms with Crippen LogP contribution in [0.3, 0.4) is 0 Å². The zero-order chi connectivity index (χ0) is 13.5. The maximum atomic E-state index is 13.1. The number of carbonyl (C=O) groups excluding carboxylic acids is 1. The molecule has 0 aliphatic heterocycles. The first-order chi connectivity index (χ1) is 8.58. The second kappa shape index (κ2) is 6.58. The highest BCUT2D eigenvalue weighted by Gasteiger charge is 2.10. The van der Waals surface area contributed by atoms with Gasteiger partial charge in [-0.05, 0) is 26.0 Å². The van der Waals surface area contributed by atoms with E-state index in [9.17, 15) is 9.18 Å². The Hall–Kier alpha value is -2.11. The van der Waals surface area contributed by atoms with Crippen LogP contribution in [-0.4, -0.2) is 30.0 Å². The third kappa shape index (κ3) is 3.73. The number of hydrogen-bond acceptors (Lipinski definition) is 4. The Balaban J connectivity index is 2.86. The molecular weight excluding hydrogens is 239 g/mol. The second-order valence-electron chi connectivity index (χ2n) is 3.57. The average Bonchev–Trinajstić information content (AvgIpc) is 2.36. The minimum absolute atomic E-state index is 0.163. The van der Waals surface area contributed by atoms with Gasteiger partial charge in [0.25, 0.3) is 5.91 Å². The van der Waals surface area contributed by atoms with E-state index in [-0.39, 0.29) is 24.0 Å². The van der Waals surface area contributed by atoms with Crippen LogP contribution < -0.4 is 10.1 Å². The molecule has 1 aromatic carbocycles. The van der Waals surface area contributed by atoms with Gasteiger partial charge in [0.1, 0.15) is 11.6 Å². The molecule has 2 N–H and O–H groups in total. The number of halogens is 1. The maximum absolute atomic E-state index is 13.1. The average molecular weight is 254 g/mol. The number of amides is 1. The van der Waals surface area contributed by atoms with Crippen LogP contribution in [0.15, 0.2) is 23.4 Å². The lowest BCUT2D eigenvalue weighted by Gasteiger charge is -2.10. The van der Waals surface area contributed by atoms with Gasteiger partial charge in [0.05, 0.1) is 5.71 Å². The Morgan fingerprint density at radius 1 is 1.56 bits per heavy atom. The number of nitrogens with zero attached hydrogens (tertiary/aromatic N) is 1. The normalized spacial score (nSPS) is 11.2. The van der Waals surface area contributed by atoms with Gasteiger partial charge in [0.2, 0.25) is 0 Å². The standard InChI is InChI=1S/C12H15FN2O3/c1-3-14-12(16)7-18-11-6-9(13)4-5-10(11)8(2)15-17/h4-6,17H,3,7H2,1-2H3,(H,14,16). The van der Waals surface area contributed by atoms with Crippen molar-refractivity contribution in [1.29, 1.82) is 0 Å². The molecule has 0 saturated carbocycles. The van der Waals surface area contributed by atoms with E-state index in [0.29, 0.717) is 12.1 Å². The molecule has 1 rings (SSSR count). The number of benzene rings is 1. The summed E-state index contributed by atoms with van der Waals surface area (Å²) in [7, 11) is 0. The molecule has 0 fully saturated rings. The van der Waals surface area contributed by atoms with E-state index in [0.717, 1.165) is 6.07 Å². The van der Waals surface area contributed by atoms with Gasteiger partial charge < -0.3 is 15.3 Å². The quantitative estimate of drug-likeness (QED) is 0.475.